The number of amides is 1. The third kappa shape index (κ3) is 6.76. The number of anilines is 1. The molecule has 5 bridgehead atoms. The van der Waals surface area contributed by atoms with E-state index >= 15 is 0 Å². The van der Waals surface area contributed by atoms with Gasteiger partial charge in [-0.1, -0.05) is 25.7 Å². The summed E-state index contributed by atoms with van der Waals surface area (Å²) in [6, 6.07) is 11.0. The molecule has 1 aliphatic heterocycles. The normalized spacial score (nSPS) is 15.0. The largest absolute Gasteiger partial charge is 0.488 e. The number of nitrogens with zero attached hydrogens (tertiary/aromatic N) is 5. The predicted molar refractivity (Wildman–Crippen MR) is 173 cm³/mol. The lowest BCUT2D eigenvalue weighted by Gasteiger charge is -2.16. The molecule has 0 spiro atoms. The fraction of sp³-hybridized carbons (Fsp3) is 0.364. The lowest BCUT2D eigenvalue weighted by atomic mass is 10.0. The Morgan fingerprint density at radius 1 is 1.02 bits per heavy atom. The van der Waals surface area contributed by atoms with Crippen LogP contribution in [-0.2, 0) is 22.9 Å². The van der Waals surface area contributed by atoms with Gasteiger partial charge in [0.1, 0.15) is 38.1 Å². The number of pyridine rings is 2. The summed E-state index contributed by atoms with van der Waals surface area (Å²) in [6.07, 6.45) is 8.88. The van der Waals surface area contributed by atoms with Crippen LogP contribution in [0.3, 0.4) is 0 Å². The molecule has 0 saturated heterocycles. The van der Waals surface area contributed by atoms with E-state index in [1.165, 1.54) is 0 Å². The SMILES string of the molecule is C[Si](C)(C)CCOCn1cc2c3c(nc(NC(=O)C4CC4)nc31)OCc1cncc(c1)OCCOc1cnc3ccc-2cc3c1. The van der Waals surface area contributed by atoms with Crippen molar-refractivity contribution in [2.75, 3.05) is 25.1 Å². The standard InChI is InChI=1S/C33H36N6O5Si/c1-45(2,3)11-10-41-20-39-18-27-23-6-7-28-24(13-23)14-26(17-35-28)43-9-8-42-25-12-21(15-34-16-25)19-44-32-29(27)30(39)36-33(38-32)37-31(40)22-4-5-22/h6-7,12-18,22H,4-5,8-11,19-20H2,1-3H3,(H,36,37,38,40). The first kappa shape index (κ1) is 29.2. The topological polar surface area (TPSA) is 123 Å². The van der Waals surface area contributed by atoms with Crippen molar-refractivity contribution < 1.29 is 23.7 Å². The number of fused-ring (bicyclic) bond motifs is 5. The third-order valence-corrected chi connectivity index (χ3v) is 9.53. The van der Waals surface area contributed by atoms with Crippen molar-refractivity contribution in [3.8, 4) is 28.5 Å². The van der Waals surface area contributed by atoms with E-state index in [4.69, 9.17) is 28.9 Å². The van der Waals surface area contributed by atoms with Gasteiger partial charge < -0.3 is 23.5 Å². The highest BCUT2D eigenvalue weighted by molar-refractivity contribution is 6.76. The molecule has 45 heavy (non-hydrogen) atoms. The highest BCUT2D eigenvalue weighted by Crippen LogP contribution is 2.38. The molecule has 1 saturated carbocycles. The minimum absolute atomic E-state index is 0.00237. The second-order valence-electron chi connectivity index (χ2n) is 12.8. The molecule has 1 aliphatic carbocycles. The van der Waals surface area contributed by atoms with Gasteiger partial charge in [0, 0.05) is 49.5 Å². The zero-order valence-corrected chi connectivity index (χ0v) is 26.7. The van der Waals surface area contributed by atoms with Crippen LogP contribution in [0.5, 0.6) is 17.4 Å². The first-order chi connectivity index (χ1) is 21.8. The Kier molecular flexibility index (Phi) is 7.84. The molecule has 1 fully saturated rings. The van der Waals surface area contributed by atoms with Gasteiger partial charge in [-0.3, -0.25) is 20.1 Å². The second kappa shape index (κ2) is 12.1. The maximum atomic E-state index is 12.8. The second-order valence-corrected chi connectivity index (χ2v) is 18.4. The van der Waals surface area contributed by atoms with E-state index in [9.17, 15) is 4.79 Å². The van der Waals surface area contributed by atoms with Crippen LogP contribution in [0.25, 0.3) is 33.1 Å². The molecule has 4 aromatic heterocycles. The van der Waals surface area contributed by atoms with Gasteiger partial charge in [0.25, 0.3) is 0 Å². The van der Waals surface area contributed by atoms with Crippen molar-refractivity contribution in [1.29, 1.82) is 0 Å². The number of hydrogen-bond donors (Lipinski definition) is 1. The van der Waals surface area contributed by atoms with Gasteiger partial charge in [-0.2, -0.15) is 9.97 Å². The molecule has 11 nitrogen and oxygen atoms in total. The average Bonchev–Trinajstić information content (AvgIpc) is 3.81. The monoisotopic (exact) mass is 624 g/mol. The molecule has 0 unspecified atom stereocenters. The fourth-order valence-corrected chi connectivity index (χ4v) is 5.94. The minimum atomic E-state index is -1.28. The van der Waals surface area contributed by atoms with Crippen LogP contribution in [0.15, 0.2) is 55.1 Å². The zero-order chi connectivity index (χ0) is 31.0. The van der Waals surface area contributed by atoms with Crippen molar-refractivity contribution in [3.63, 3.8) is 0 Å². The van der Waals surface area contributed by atoms with Gasteiger partial charge in [-0.25, -0.2) is 0 Å². The maximum absolute atomic E-state index is 12.8. The maximum Gasteiger partial charge on any atom is 0.234 e. The van der Waals surface area contributed by atoms with Crippen LogP contribution in [-0.4, -0.2) is 58.3 Å². The summed E-state index contributed by atoms with van der Waals surface area (Å²) in [4.78, 5) is 31.3. The fourth-order valence-electron chi connectivity index (χ4n) is 5.18. The Morgan fingerprint density at radius 3 is 2.64 bits per heavy atom. The van der Waals surface area contributed by atoms with Crippen LogP contribution in [0.1, 0.15) is 18.4 Å². The van der Waals surface area contributed by atoms with Gasteiger partial charge in [-0.15, -0.1) is 0 Å². The quantitative estimate of drug-likeness (QED) is 0.170. The van der Waals surface area contributed by atoms with E-state index in [0.717, 1.165) is 51.9 Å². The van der Waals surface area contributed by atoms with Crippen LogP contribution < -0.4 is 19.5 Å². The van der Waals surface area contributed by atoms with E-state index in [1.54, 1.807) is 18.6 Å². The van der Waals surface area contributed by atoms with Gasteiger partial charge in [0.2, 0.25) is 17.7 Å². The summed E-state index contributed by atoms with van der Waals surface area (Å²) >= 11 is 0. The molecule has 1 N–H and O–H groups in total. The van der Waals surface area contributed by atoms with Crippen LogP contribution in [0.2, 0.25) is 25.7 Å². The average molecular weight is 625 g/mol. The van der Waals surface area contributed by atoms with Crippen molar-refractivity contribution in [2.24, 2.45) is 5.92 Å². The molecular weight excluding hydrogens is 588 g/mol. The van der Waals surface area contributed by atoms with Crippen LogP contribution >= 0.6 is 0 Å². The highest BCUT2D eigenvalue weighted by Gasteiger charge is 2.31. The molecule has 2 aliphatic rings. The lowest BCUT2D eigenvalue weighted by Crippen LogP contribution is -2.22. The zero-order valence-electron chi connectivity index (χ0n) is 25.7. The first-order valence-corrected chi connectivity index (χ1v) is 19.0. The summed E-state index contributed by atoms with van der Waals surface area (Å²) in [6.45, 7) is 8.82. The Bertz CT molecular complexity index is 1880. The molecule has 232 valence electrons. The summed E-state index contributed by atoms with van der Waals surface area (Å²) in [5.41, 5.74) is 4.07. The number of carbonyl (C=O) groups is 1. The van der Waals surface area contributed by atoms with Crippen molar-refractivity contribution in [1.82, 2.24) is 24.5 Å². The Morgan fingerprint density at radius 2 is 1.84 bits per heavy atom. The lowest BCUT2D eigenvalue weighted by molar-refractivity contribution is -0.117. The van der Waals surface area contributed by atoms with Crippen molar-refractivity contribution in [2.45, 2.75) is 51.9 Å². The Labute approximate surface area is 261 Å². The van der Waals surface area contributed by atoms with E-state index in [1.807, 2.05) is 35.0 Å². The van der Waals surface area contributed by atoms with Gasteiger partial charge in [0.05, 0.1) is 23.3 Å². The summed E-state index contributed by atoms with van der Waals surface area (Å²) in [5.74, 6) is 1.74. The Balaban J connectivity index is 1.37. The Hall–Kier alpha value is -4.55. The first-order valence-electron chi connectivity index (χ1n) is 15.3. The number of nitrogens with one attached hydrogen (secondary N) is 1. The van der Waals surface area contributed by atoms with Gasteiger partial charge in [-0.05, 0) is 48.7 Å². The third-order valence-electron chi connectivity index (χ3n) is 7.83. The van der Waals surface area contributed by atoms with Crippen molar-refractivity contribution >= 4 is 41.9 Å². The molecule has 12 heteroatoms. The molecule has 7 rings (SSSR count). The number of benzene rings is 1. The molecule has 0 radical (unpaired) electrons. The van der Waals surface area contributed by atoms with Crippen LogP contribution in [0, 0.1) is 5.92 Å². The van der Waals surface area contributed by atoms with E-state index in [-0.39, 0.29) is 24.4 Å². The summed E-state index contributed by atoms with van der Waals surface area (Å²) in [5, 5.41) is 4.56. The number of rotatable bonds is 7. The molecule has 5 aromatic rings. The van der Waals surface area contributed by atoms with Crippen molar-refractivity contribution in [3.05, 3.63) is 60.7 Å². The predicted octanol–water partition coefficient (Wildman–Crippen LogP) is 6.05. The number of ether oxygens (including phenoxy) is 4. The molecule has 5 heterocycles. The number of aromatic nitrogens is 5. The number of hydrogen-bond acceptors (Lipinski definition) is 9. The summed E-state index contributed by atoms with van der Waals surface area (Å²) < 4.78 is 26.4. The smallest absolute Gasteiger partial charge is 0.234 e. The molecular formula is C33H36N6O5Si. The molecule has 1 aromatic carbocycles. The van der Waals surface area contributed by atoms with E-state index in [2.05, 4.69) is 41.0 Å². The number of carbonyl (C=O) groups excluding carboxylic acids is 1. The van der Waals surface area contributed by atoms with E-state index < -0.39 is 8.07 Å². The highest BCUT2D eigenvalue weighted by atomic mass is 28.3. The van der Waals surface area contributed by atoms with E-state index in [0.29, 0.717) is 49.6 Å². The molecule has 0 atom stereocenters. The van der Waals surface area contributed by atoms with Gasteiger partial charge >= 0.3 is 0 Å². The van der Waals surface area contributed by atoms with Gasteiger partial charge in [0.15, 0.2) is 5.65 Å². The summed E-state index contributed by atoms with van der Waals surface area (Å²) in [7, 11) is -1.28. The molecule has 1 amide bonds. The van der Waals surface area contributed by atoms with Crippen LogP contribution in [0.4, 0.5) is 5.95 Å². The minimum Gasteiger partial charge on any atom is -0.488 e.